The van der Waals surface area contributed by atoms with Crippen molar-refractivity contribution in [1.29, 1.82) is 0 Å². The van der Waals surface area contributed by atoms with Gasteiger partial charge in [-0.2, -0.15) is 0 Å². The van der Waals surface area contributed by atoms with Crippen molar-refractivity contribution in [3.05, 3.63) is 46.4 Å². The molecule has 106 valence electrons. The highest BCUT2D eigenvalue weighted by Gasteiger charge is 2.11. The molecule has 7 heteroatoms. The Morgan fingerprint density at radius 2 is 1.80 bits per heavy atom. The van der Waals surface area contributed by atoms with Crippen LogP contribution in [0.4, 0.5) is 17.1 Å². The molecule has 0 aliphatic heterocycles. The molecule has 0 saturated heterocycles. The summed E-state index contributed by atoms with van der Waals surface area (Å²) in [6.07, 6.45) is 1.13. The molecule has 0 fully saturated rings. The van der Waals surface area contributed by atoms with Crippen LogP contribution in [0.2, 0.25) is 10.0 Å². The summed E-state index contributed by atoms with van der Waals surface area (Å²) in [6, 6.07) is 9.63. The zero-order chi connectivity index (χ0) is 14.9. The number of rotatable bonds is 3. The topological polar surface area (TPSA) is 72.2 Å². The van der Waals surface area contributed by atoms with Crippen LogP contribution in [-0.2, 0) is 9.84 Å². The Hall–Kier alpha value is -1.43. The molecular formula is C13H12Cl2N2O2S. The Morgan fingerprint density at radius 1 is 1.10 bits per heavy atom. The highest BCUT2D eigenvalue weighted by molar-refractivity contribution is 7.90. The van der Waals surface area contributed by atoms with E-state index in [2.05, 4.69) is 5.32 Å². The Bertz CT molecular complexity index is 761. The van der Waals surface area contributed by atoms with E-state index < -0.39 is 9.84 Å². The number of benzene rings is 2. The van der Waals surface area contributed by atoms with Gasteiger partial charge in [-0.05, 0) is 30.3 Å². The van der Waals surface area contributed by atoms with E-state index in [1.54, 1.807) is 24.3 Å². The van der Waals surface area contributed by atoms with Gasteiger partial charge in [-0.15, -0.1) is 0 Å². The Kier molecular flexibility index (Phi) is 4.13. The standard InChI is InChI=1S/C13H12Cl2N2O2S/c1-20(18,19)8-5-6-11(10(16)7-8)17-12-4-2-3-9(14)13(12)15/h2-7,17H,16H2,1H3. The monoisotopic (exact) mass is 330 g/mol. The Balaban J connectivity index is 2.38. The lowest BCUT2D eigenvalue weighted by Crippen LogP contribution is -2.01. The minimum atomic E-state index is -3.28. The molecule has 0 radical (unpaired) electrons. The highest BCUT2D eigenvalue weighted by atomic mass is 35.5. The van der Waals surface area contributed by atoms with Gasteiger partial charge in [0.05, 0.1) is 32.0 Å². The number of hydrogen-bond donors (Lipinski definition) is 2. The van der Waals surface area contributed by atoms with E-state index in [0.29, 0.717) is 27.1 Å². The van der Waals surface area contributed by atoms with Crippen molar-refractivity contribution in [1.82, 2.24) is 0 Å². The van der Waals surface area contributed by atoms with Crippen LogP contribution in [0.5, 0.6) is 0 Å². The van der Waals surface area contributed by atoms with E-state index in [1.165, 1.54) is 12.1 Å². The Morgan fingerprint density at radius 3 is 2.40 bits per heavy atom. The first-order valence-electron chi connectivity index (χ1n) is 5.59. The third kappa shape index (κ3) is 3.17. The van der Waals surface area contributed by atoms with E-state index in [-0.39, 0.29) is 4.90 Å². The lowest BCUT2D eigenvalue weighted by molar-refractivity contribution is 0.602. The summed E-state index contributed by atoms with van der Waals surface area (Å²) in [5.74, 6) is 0. The number of nitrogen functional groups attached to an aromatic ring is 1. The molecule has 20 heavy (non-hydrogen) atoms. The molecule has 0 saturated carbocycles. The van der Waals surface area contributed by atoms with Crippen molar-refractivity contribution in [3.63, 3.8) is 0 Å². The Labute approximate surface area is 127 Å². The van der Waals surface area contributed by atoms with Crippen LogP contribution in [-0.4, -0.2) is 14.7 Å². The van der Waals surface area contributed by atoms with Crippen LogP contribution in [0.3, 0.4) is 0 Å². The van der Waals surface area contributed by atoms with Gasteiger partial charge < -0.3 is 11.1 Å². The lowest BCUT2D eigenvalue weighted by Gasteiger charge is -2.12. The van der Waals surface area contributed by atoms with Crippen molar-refractivity contribution in [2.24, 2.45) is 0 Å². The van der Waals surface area contributed by atoms with E-state index >= 15 is 0 Å². The largest absolute Gasteiger partial charge is 0.397 e. The molecule has 0 heterocycles. The first-order valence-corrected chi connectivity index (χ1v) is 8.24. The normalized spacial score (nSPS) is 11.3. The lowest BCUT2D eigenvalue weighted by atomic mass is 10.2. The highest BCUT2D eigenvalue weighted by Crippen LogP contribution is 2.33. The molecule has 0 spiro atoms. The minimum Gasteiger partial charge on any atom is -0.397 e. The zero-order valence-electron chi connectivity index (χ0n) is 10.5. The van der Waals surface area contributed by atoms with Crippen molar-refractivity contribution >= 4 is 50.1 Å². The molecule has 2 rings (SSSR count). The first kappa shape index (κ1) is 15.0. The van der Waals surface area contributed by atoms with Crippen LogP contribution in [0.15, 0.2) is 41.3 Å². The van der Waals surface area contributed by atoms with Gasteiger partial charge in [0.1, 0.15) is 0 Å². The van der Waals surface area contributed by atoms with Gasteiger partial charge in [0.15, 0.2) is 9.84 Å². The molecule has 0 unspecified atom stereocenters. The van der Waals surface area contributed by atoms with Gasteiger partial charge in [-0.3, -0.25) is 0 Å². The molecule has 2 aromatic carbocycles. The van der Waals surface area contributed by atoms with Gasteiger partial charge >= 0.3 is 0 Å². The molecule has 2 aromatic rings. The summed E-state index contributed by atoms with van der Waals surface area (Å²) in [5.41, 5.74) is 7.31. The van der Waals surface area contributed by atoms with Crippen molar-refractivity contribution < 1.29 is 8.42 Å². The minimum absolute atomic E-state index is 0.165. The summed E-state index contributed by atoms with van der Waals surface area (Å²) >= 11 is 12.0. The number of nitrogens with two attached hydrogens (primary N) is 1. The van der Waals surface area contributed by atoms with Crippen LogP contribution in [0.1, 0.15) is 0 Å². The second kappa shape index (κ2) is 5.52. The number of halogens is 2. The van der Waals surface area contributed by atoms with Crippen molar-refractivity contribution in [2.75, 3.05) is 17.3 Å². The number of anilines is 3. The molecule has 0 aliphatic rings. The summed E-state index contributed by atoms with van der Waals surface area (Å²) in [7, 11) is -3.28. The molecule has 3 N–H and O–H groups in total. The zero-order valence-corrected chi connectivity index (χ0v) is 12.9. The van der Waals surface area contributed by atoms with Gasteiger partial charge in [-0.25, -0.2) is 8.42 Å². The summed E-state index contributed by atoms with van der Waals surface area (Å²) in [4.78, 5) is 0.165. The quantitative estimate of drug-likeness (QED) is 0.841. The van der Waals surface area contributed by atoms with E-state index in [4.69, 9.17) is 28.9 Å². The van der Waals surface area contributed by atoms with Crippen LogP contribution < -0.4 is 11.1 Å². The molecule has 0 amide bonds. The van der Waals surface area contributed by atoms with Crippen LogP contribution in [0.25, 0.3) is 0 Å². The SMILES string of the molecule is CS(=O)(=O)c1ccc(Nc2cccc(Cl)c2Cl)c(N)c1. The molecule has 4 nitrogen and oxygen atoms in total. The third-order valence-electron chi connectivity index (χ3n) is 2.67. The summed E-state index contributed by atoms with van der Waals surface area (Å²) in [6.45, 7) is 0. The summed E-state index contributed by atoms with van der Waals surface area (Å²) < 4.78 is 22.9. The van der Waals surface area contributed by atoms with Gasteiger partial charge in [-0.1, -0.05) is 29.3 Å². The van der Waals surface area contributed by atoms with Crippen molar-refractivity contribution in [2.45, 2.75) is 4.90 Å². The van der Waals surface area contributed by atoms with Gasteiger partial charge in [0.2, 0.25) is 0 Å². The van der Waals surface area contributed by atoms with Crippen molar-refractivity contribution in [3.8, 4) is 0 Å². The molecule has 0 aromatic heterocycles. The van der Waals surface area contributed by atoms with E-state index in [1.807, 2.05) is 0 Å². The van der Waals surface area contributed by atoms with Crippen LogP contribution in [0, 0.1) is 0 Å². The average Bonchev–Trinajstić information content (AvgIpc) is 2.36. The first-order chi connectivity index (χ1) is 9.29. The molecular weight excluding hydrogens is 319 g/mol. The molecule has 0 bridgehead atoms. The fraction of sp³-hybridized carbons (Fsp3) is 0.0769. The number of hydrogen-bond acceptors (Lipinski definition) is 4. The molecule has 0 atom stereocenters. The smallest absolute Gasteiger partial charge is 0.175 e. The maximum absolute atomic E-state index is 11.4. The second-order valence-corrected chi connectivity index (χ2v) is 7.05. The predicted octanol–water partition coefficient (Wildman–Crippen LogP) is 3.72. The third-order valence-corrected chi connectivity index (χ3v) is 4.60. The van der Waals surface area contributed by atoms with E-state index in [9.17, 15) is 8.42 Å². The maximum atomic E-state index is 11.4. The van der Waals surface area contributed by atoms with Gasteiger partial charge in [0.25, 0.3) is 0 Å². The van der Waals surface area contributed by atoms with Crippen LogP contribution >= 0.6 is 23.2 Å². The second-order valence-electron chi connectivity index (χ2n) is 4.25. The van der Waals surface area contributed by atoms with Gasteiger partial charge in [0, 0.05) is 6.26 Å². The maximum Gasteiger partial charge on any atom is 0.175 e. The number of nitrogens with one attached hydrogen (secondary N) is 1. The summed E-state index contributed by atoms with van der Waals surface area (Å²) in [5, 5.41) is 3.82. The van der Waals surface area contributed by atoms with E-state index in [0.717, 1.165) is 6.26 Å². The number of sulfone groups is 1. The average molecular weight is 331 g/mol. The predicted molar refractivity (Wildman–Crippen MR) is 83.7 cm³/mol. The fourth-order valence-corrected chi connectivity index (χ4v) is 2.63. The molecule has 0 aliphatic carbocycles. The fourth-order valence-electron chi connectivity index (χ4n) is 1.63.